The molecule has 6 heteroatoms. The van der Waals surface area contributed by atoms with E-state index in [0.717, 1.165) is 48.7 Å². The monoisotopic (exact) mass is 320 g/mol. The average Bonchev–Trinajstić information content (AvgIpc) is 3.26. The third kappa shape index (κ3) is 2.71. The summed E-state index contributed by atoms with van der Waals surface area (Å²) in [6.07, 6.45) is 8.22. The molecule has 0 spiro atoms. The molecule has 0 saturated heterocycles. The molecule has 0 saturated carbocycles. The number of hydrogen-bond donors (Lipinski definition) is 2. The number of fused-ring (bicyclic) bond motifs is 1. The highest BCUT2D eigenvalue weighted by Gasteiger charge is 2.21. The molecule has 0 bridgehead atoms. The fourth-order valence-electron chi connectivity index (χ4n) is 3.20. The van der Waals surface area contributed by atoms with Gasteiger partial charge in [0.05, 0.1) is 18.6 Å². The number of hydrogen-bond acceptors (Lipinski definition) is 5. The third-order valence-corrected chi connectivity index (χ3v) is 4.35. The Labute approximate surface area is 141 Å². The molecule has 2 N–H and O–H groups in total. The summed E-state index contributed by atoms with van der Waals surface area (Å²) in [5, 5.41) is 3.31. The summed E-state index contributed by atoms with van der Waals surface area (Å²) in [5.74, 6) is 0.879. The highest BCUT2D eigenvalue weighted by molar-refractivity contribution is 5.78. The van der Waals surface area contributed by atoms with E-state index in [1.165, 1.54) is 11.3 Å². The van der Waals surface area contributed by atoms with Gasteiger partial charge < -0.3 is 15.2 Å². The molecule has 0 amide bonds. The van der Waals surface area contributed by atoms with E-state index in [2.05, 4.69) is 55.3 Å². The van der Waals surface area contributed by atoms with Crippen LogP contribution in [0.15, 0.2) is 43.2 Å². The van der Waals surface area contributed by atoms with Gasteiger partial charge in [-0.2, -0.15) is 0 Å². The first-order valence-corrected chi connectivity index (χ1v) is 8.25. The Balaban J connectivity index is 1.68. The molecule has 1 aliphatic rings. The van der Waals surface area contributed by atoms with Crippen molar-refractivity contribution in [1.82, 2.24) is 19.9 Å². The fourth-order valence-corrected chi connectivity index (χ4v) is 3.20. The molecule has 6 nitrogen and oxygen atoms in total. The summed E-state index contributed by atoms with van der Waals surface area (Å²) in [4.78, 5) is 18.3. The molecule has 3 heterocycles. The lowest BCUT2D eigenvalue weighted by atomic mass is 10.0. The molecule has 0 atom stereocenters. The smallest absolute Gasteiger partial charge is 0.137 e. The summed E-state index contributed by atoms with van der Waals surface area (Å²) in [7, 11) is 0. The van der Waals surface area contributed by atoms with Crippen molar-refractivity contribution in [3.05, 3.63) is 54.5 Å². The summed E-state index contributed by atoms with van der Waals surface area (Å²) in [6, 6.07) is 6.63. The van der Waals surface area contributed by atoms with E-state index in [9.17, 15) is 0 Å². The van der Waals surface area contributed by atoms with Crippen LogP contribution in [-0.4, -0.2) is 33.0 Å². The topological polar surface area (TPSA) is 69.7 Å². The van der Waals surface area contributed by atoms with Crippen molar-refractivity contribution in [2.45, 2.75) is 19.9 Å². The molecular formula is C18H20N6. The third-order valence-electron chi connectivity index (χ3n) is 4.35. The van der Waals surface area contributed by atoms with Crippen LogP contribution < -0.4 is 10.2 Å². The summed E-state index contributed by atoms with van der Waals surface area (Å²) >= 11 is 0. The molecule has 2 aromatic heterocycles. The standard InChI is InChI=1S/C18H20N6/c1-2-21-18-16(9-20-12-23-18)14-4-3-13-5-6-24(17(13)7-14)10-15-8-19-11-22-15/h3-4,7-9,11-12H,2,5-6,10H2,1H3,(H,19,22)(H,20,21,23). The van der Waals surface area contributed by atoms with Crippen molar-refractivity contribution in [3.63, 3.8) is 0 Å². The lowest BCUT2D eigenvalue weighted by Crippen LogP contribution is -2.19. The Morgan fingerprint density at radius 1 is 1.29 bits per heavy atom. The normalized spacial score (nSPS) is 13.1. The molecule has 0 unspecified atom stereocenters. The van der Waals surface area contributed by atoms with Gasteiger partial charge in [0.2, 0.25) is 0 Å². The summed E-state index contributed by atoms with van der Waals surface area (Å²) < 4.78 is 0. The van der Waals surface area contributed by atoms with E-state index in [-0.39, 0.29) is 0 Å². The van der Waals surface area contributed by atoms with Crippen LogP contribution in [0.1, 0.15) is 18.2 Å². The number of rotatable bonds is 5. The molecule has 4 rings (SSSR count). The number of aromatic amines is 1. The highest BCUT2D eigenvalue weighted by atomic mass is 15.2. The minimum atomic E-state index is 0.825. The van der Waals surface area contributed by atoms with Gasteiger partial charge in [-0.25, -0.2) is 15.0 Å². The van der Waals surface area contributed by atoms with E-state index in [4.69, 9.17) is 0 Å². The van der Waals surface area contributed by atoms with E-state index in [1.54, 1.807) is 12.7 Å². The lowest BCUT2D eigenvalue weighted by molar-refractivity contribution is 0.819. The Morgan fingerprint density at radius 3 is 3.08 bits per heavy atom. The van der Waals surface area contributed by atoms with Crippen LogP contribution in [0, 0.1) is 0 Å². The molecule has 0 aliphatic carbocycles. The van der Waals surface area contributed by atoms with E-state index in [0.29, 0.717) is 0 Å². The predicted octanol–water partition coefficient (Wildman–Crippen LogP) is 2.86. The summed E-state index contributed by atoms with van der Waals surface area (Å²) in [6.45, 7) is 4.75. The quantitative estimate of drug-likeness (QED) is 0.756. The van der Waals surface area contributed by atoms with Crippen molar-refractivity contribution >= 4 is 11.5 Å². The maximum Gasteiger partial charge on any atom is 0.137 e. The second-order valence-electron chi connectivity index (χ2n) is 5.89. The second kappa shape index (κ2) is 6.31. The highest BCUT2D eigenvalue weighted by Crippen LogP contribution is 2.35. The van der Waals surface area contributed by atoms with Crippen molar-refractivity contribution < 1.29 is 0 Å². The van der Waals surface area contributed by atoms with Crippen molar-refractivity contribution in [1.29, 1.82) is 0 Å². The van der Waals surface area contributed by atoms with Crippen LogP contribution in [0.5, 0.6) is 0 Å². The number of H-pyrrole nitrogens is 1. The predicted molar refractivity (Wildman–Crippen MR) is 95.0 cm³/mol. The van der Waals surface area contributed by atoms with Crippen LogP contribution in [0.3, 0.4) is 0 Å². The number of nitrogens with one attached hydrogen (secondary N) is 2. The van der Waals surface area contributed by atoms with Crippen molar-refractivity contribution in [2.75, 3.05) is 23.3 Å². The SMILES string of the molecule is CCNc1ncncc1-c1ccc2c(c1)N(Cc1c[nH]cn1)CC2. The fraction of sp³-hybridized carbons (Fsp3) is 0.278. The van der Waals surface area contributed by atoms with E-state index < -0.39 is 0 Å². The molecule has 3 aromatic rings. The van der Waals surface area contributed by atoms with Gasteiger partial charge in [0.1, 0.15) is 12.1 Å². The first-order chi connectivity index (χ1) is 11.8. The summed E-state index contributed by atoms with van der Waals surface area (Å²) in [5.41, 5.74) is 5.90. The Hall–Kier alpha value is -2.89. The van der Waals surface area contributed by atoms with E-state index in [1.807, 2.05) is 12.4 Å². The maximum absolute atomic E-state index is 4.37. The number of nitrogens with zero attached hydrogens (tertiary/aromatic N) is 4. The van der Waals surface area contributed by atoms with Crippen LogP contribution >= 0.6 is 0 Å². The Morgan fingerprint density at radius 2 is 2.25 bits per heavy atom. The van der Waals surface area contributed by atoms with Gasteiger partial charge in [-0.3, -0.25) is 0 Å². The largest absolute Gasteiger partial charge is 0.370 e. The van der Waals surface area contributed by atoms with Crippen LogP contribution in [0.2, 0.25) is 0 Å². The van der Waals surface area contributed by atoms with Gasteiger partial charge in [0.15, 0.2) is 0 Å². The number of anilines is 2. The zero-order valence-electron chi connectivity index (χ0n) is 13.7. The second-order valence-corrected chi connectivity index (χ2v) is 5.89. The Bertz CT molecular complexity index is 827. The zero-order valence-corrected chi connectivity index (χ0v) is 13.7. The zero-order chi connectivity index (χ0) is 16.4. The van der Waals surface area contributed by atoms with Crippen LogP contribution in [0.4, 0.5) is 11.5 Å². The van der Waals surface area contributed by atoms with Gasteiger partial charge in [0, 0.05) is 36.7 Å². The first kappa shape index (κ1) is 14.7. The first-order valence-electron chi connectivity index (χ1n) is 8.25. The maximum atomic E-state index is 4.37. The van der Waals surface area contributed by atoms with Gasteiger partial charge >= 0.3 is 0 Å². The number of benzene rings is 1. The molecule has 24 heavy (non-hydrogen) atoms. The average molecular weight is 320 g/mol. The van der Waals surface area contributed by atoms with Gasteiger partial charge in [-0.15, -0.1) is 0 Å². The van der Waals surface area contributed by atoms with Gasteiger partial charge in [-0.05, 0) is 30.5 Å². The van der Waals surface area contributed by atoms with Crippen molar-refractivity contribution in [3.8, 4) is 11.1 Å². The molecule has 1 aliphatic heterocycles. The van der Waals surface area contributed by atoms with Crippen LogP contribution in [-0.2, 0) is 13.0 Å². The van der Waals surface area contributed by atoms with Crippen LogP contribution in [0.25, 0.3) is 11.1 Å². The van der Waals surface area contributed by atoms with Gasteiger partial charge in [0.25, 0.3) is 0 Å². The van der Waals surface area contributed by atoms with Gasteiger partial charge in [-0.1, -0.05) is 12.1 Å². The number of aromatic nitrogens is 4. The minimum Gasteiger partial charge on any atom is -0.370 e. The molecule has 0 fully saturated rings. The molecule has 122 valence electrons. The Kier molecular flexibility index (Phi) is 3.86. The number of imidazole rings is 1. The molecule has 0 radical (unpaired) electrons. The van der Waals surface area contributed by atoms with E-state index >= 15 is 0 Å². The minimum absolute atomic E-state index is 0.825. The lowest BCUT2D eigenvalue weighted by Gasteiger charge is -2.19. The molecular weight excluding hydrogens is 300 g/mol. The molecule has 1 aromatic carbocycles. The van der Waals surface area contributed by atoms with Crippen molar-refractivity contribution in [2.24, 2.45) is 0 Å².